The number of non-ortho nitro benzene ring substituents is 1. The molecule has 0 N–H and O–H groups in total. The van der Waals surface area contributed by atoms with E-state index in [-0.39, 0.29) is 11.6 Å². The Balaban J connectivity index is 2.16. The van der Waals surface area contributed by atoms with Crippen molar-refractivity contribution in [3.63, 3.8) is 0 Å². The minimum absolute atomic E-state index is 0.0298. The molecule has 0 aliphatic heterocycles. The molecule has 0 saturated heterocycles. The third-order valence-electron chi connectivity index (χ3n) is 2.67. The van der Waals surface area contributed by atoms with Gasteiger partial charge in [0.1, 0.15) is 5.69 Å². The van der Waals surface area contributed by atoms with Crippen molar-refractivity contribution in [2.75, 3.05) is 6.67 Å². The van der Waals surface area contributed by atoms with Crippen LogP contribution in [0.25, 0.3) is 11.3 Å². The molecule has 0 fully saturated rings. The van der Waals surface area contributed by atoms with Gasteiger partial charge in [-0.3, -0.25) is 19.2 Å². The quantitative estimate of drug-likeness (QED) is 0.614. The third kappa shape index (κ3) is 3.12. The van der Waals surface area contributed by atoms with E-state index in [2.05, 4.69) is 10.3 Å². The van der Waals surface area contributed by atoms with E-state index < -0.39 is 11.6 Å². The zero-order chi connectivity index (χ0) is 13.8. The maximum atomic E-state index is 12.4. The highest BCUT2D eigenvalue weighted by atomic mass is 19.1. The predicted molar refractivity (Wildman–Crippen MR) is 67.3 cm³/mol. The lowest BCUT2D eigenvalue weighted by atomic mass is 10.1. The van der Waals surface area contributed by atoms with E-state index >= 15 is 0 Å². The van der Waals surface area contributed by atoms with Crippen LogP contribution in [0.4, 0.5) is 10.1 Å². The lowest BCUT2D eigenvalue weighted by molar-refractivity contribution is -0.384. The molecule has 0 spiro atoms. The summed E-state index contributed by atoms with van der Waals surface area (Å²) in [6.07, 6.45) is 1.70. The molecule has 6 nitrogen and oxygen atoms in total. The van der Waals surface area contributed by atoms with Crippen molar-refractivity contribution < 1.29 is 9.31 Å². The predicted octanol–water partition coefficient (Wildman–Crippen LogP) is 2.46. The Kier molecular flexibility index (Phi) is 3.84. The van der Waals surface area contributed by atoms with Crippen LogP contribution in [0.1, 0.15) is 6.92 Å². The van der Waals surface area contributed by atoms with Crippen LogP contribution in [-0.2, 0) is 6.54 Å². The van der Waals surface area contributed by atoms with Crippen LogP contribution in [0.15, 0.2) is 30.5 Å². The first-order chi connectivity index (χ1) is 9.10. The van der Waals surface area contributed by atoms with Gasteiger partial charge in [0.05, 0.1) is 17.8 Å². The van der Waals surface area contributed by atoms with Gasteiger partial charge in [0.15, 0.2) is 0 Å². The van der Waals surface area contributed by atoms with Crippen molar-refractivity contribution in [2.45, 2.75) is 13.5 Å². The molecule has 0 bridgehead atoms. The Labute approximate surface area is 109 Å². The number of nitro benzene ring substituents is 1. The standard InChI is InChI=1S/C12H13FN4O2/c1-9(6-13)7-16-8-12(14-15-16)10-2-4-11(5-3-10)17(18)19/h2-5,8-9H,6-7H2,1H3. The molecule has 2 rings (SSSR count). The van der Waals surface area contributed by atoms with E-state index in [1.165, 1.54) is 12.1 Å². The van der Waals surface area contributed by atoms with Crippen molar-refractivity contribution in [3.8, 4) is 11.3 Å². The van der Waals surface area contributed by atoms with Gasteiger partial charge >= 0.3 is 0 Å². The SMILES string of the molecule is CC(CF)Cn1cc(-c2ccc([N+](=O)[O-])cc2)nn1. The van der Waals surface area contributed by atoms with Crippen LogP contribution in [0.5, 0.6) is 0 Å². The number of hydrogen-bond donors (Lipinski definition) is 0. The number of nitrogens with zero attached hydrogens (tertiary/aromatic N) is 4. The Hall–Kier alpha value is -2.31. The first kappa shape index (κ1) is 13.1. The van der Waals surface area contributed by atoms with E-state index in [1.807, 2.05) is 0 Å². The van der Waals surface area contributed by atoms with Gasteiger partial charge in [-0.15, -0.1) is 5.10 Å². The third-order valence-corrected chi connectivity index (χ3v) is 2.67. The fraction of sp³-hybridized carbons (Fsp3) is 0.333. The van der Waals surface area contributed by atoms with Crippen LogP contribution in [0.2, 0.25) is 0 Å². The first-order valence-corrected chi connectivity index (χ1v) is 5.81. The number of rotatable bonds is 5. The number of nitro groups is 1. The molecular weight excluding hydrogens is 251 g/mol. The van der Waals surface area contributed by atoms with E-state index in [4.69, 9.17) is 0 Å². The van der Waals surface area contributed by atoms with Crippen molar-refractivity contribution in [2.24, 2.45) is 5.92 Å². The average molecular weight is 264 g/mol. The first-order valence-electron chi connectivity index (χ1n) is 5.81. The van der Waals surface area contributed by atoms with E-state index in [0.717, 1.165) is 5.56 Å². The summed E-state index contributed by atoms with van der Waals surface area (Å²) in [6, 6.07) is 6.06. The molecule has 1 heterocycles. The molecule has 1 aromatic heterocycles. The highest BCUT2D eigenvalue weighted by molar-refractivity contribution is 5.59. The average Bonchev–Trinajstić information content (AvgIpc) is 2.87. The second-order valence-corrected chi connectivity index (χ2v) is 4.39. The normalized spacial score (nSPS) is 12.3. The van der Waals surface area contributed by atoms with Gasteiger partial charge < -0.3 is 0 Å². The van der Waals surface area contributed by atoms with Gasteiger partial charge in [-0.1, -0.05) is 12.1 Å². The van der Waals surface area contributed by atoms with Gasteiger partial charge in [-0.25, -0.2) is 0 Å². The van der Waals surface area contributed by atoms with Crippen LogP contribution >= 0.6 is 0 Å². The minimum atomic E-state index is -0.455. The second kappa shape index (κ2) is 5.55. The molecule has 0 aliphatic rings. The molecule has 19 heavy (non-hydrogen) atoms. The van der Waals surface area contributed by atoms with Gasteiger partial charge in [-0.05, 0) is 12.1 Å². The van der Waals surface area contributed by atoms with Crippen LogP contribution in [-0.4, -0.2) is 26.6 Å². The molecule has 1 aromatic carbocycles. The summed E-state index contributed by atoms with van der Waals surface area (Å²) < 4.78 is 14.0. The second-order valence-electron chi connectivity index (χ2n) is 4.39. The summed E-state index contributed by atoms with van der Waals surface area (Å²) in [5.41, 5.74) is 1.38. The Bertz CT molecular complexity index is 567. The van der Waals surface area contributed by atoms with E-state index in [0.29, 0.717) is 12.2 Å². The Morgan fingerprint density at radius 3 is 2.68 bits per heavy atom. The zero-order valence-corrected chi connectivity index (χ0v) is 10.4. The summed E-state index contributed by atoms with van der Waals surface area (Å²) in [7, 11) is 0. The molecule has 0 saturated carbocycles. The largest absolute Gasteiger partial charge is 0.269 e. The van der Waals surface area contributed by atoms with Gasteiger partial charge in [0.25, 0.3) is 5.69 Å². The molecule has 1 atom stereocenters. The van der Waals surface area contributed by atoms with Crippen molar-refractivity contribution >= 4 is 5.69 Å². The monoisotopic (exact) mass is 264 g/mol. The summed E-state index contributed by atoms with van der Waals surface area (Å²) >= 11 is 0. The van der Waals surface area contributed by atoms with Gasteiger partial charge in [0.2, 0.25) is 0 Å². The fourth-order valence-corrected chi connectivity index (χ4v) is 1.64. The van der Waals surface area contributed by atoms with Crippen LogP contribution in [0, 0.1) is 16.0 Å². The van der Waals surface area contributed by atoms with Crippen LogP contribution < -0.4 is 0 Å². The molecule has 100 valence electrons. The van der Waals surface area contributed by atoms with Gasteiger partial charge in [0, 0.05) is 30.2 Å². The molecule has 7 heteroatoms. The van der Waals surface area contributed by atoms with Crippen molar-refractivity contribution in [1.29, 1.82) is 0 Å². The molecule has 0 amide bonds. The van der Waals surface area contributed by atoms with Crippen LogP contribution in [0.3, 0.4) is 0 Å². The molecular formula is C12H13FN4O2. The summed E-state index contributed by atoms with van der Waals surface area (Å²) in [5, 5.41) is 18.4. The number of alkyl halides is 1. The van der Waals surface area contributed by atoms with Crippen molar-refractivity contribution in [1.82, 2.24) is 15.0 Å². The maximum absolute atomic E-state index is 12.4. The maximum Gasteiger partial charge on any atom is 0.269 e. The zero-order valence-electron chi connectivity index (χ0n) is 10.4. The topological polar surface area (TPSA) is 73.8 Å². The van der Waals surface area contributed by atoms with Crippen molar-refractivity contribution in [3.05, 3.63) is 40.6 Å². The molecule has 0 radical (unpaired) electrons. The summed E-state index contributed by atoms with van der Waals surface area (Å²) in [5.74, 6) is -0.119. The highest BCUT2D eigenvalue weighted by Crippen LogP contribution is 2.20. The number of halogens is 1. The smallest absolute Gasteiger partial charge is 0.258 e. The fourth-order valence-electron chi connectivity index (χ4n) is 1.64. The highest BCUT2D eigenvalue weighted by Gasteiger charge is 2.09. The summed E-state index contributed by atoms with van der Waals surface area (Å²) in [4.78, 5) is 10.1. The van der Waals surface area contributed by atoms with Gasteiger partial charge in [-0.2, -0.15) is 0 Å². The van der Waals surface area contributed by atoms with E-state index in [1.54, 1.807) is 29.9 Å². The lowest BCUT2D eigenvalue weighted by Gasteiger charge is -2.04. The lowest BCUT2D eigenvalue weighted by Crippen LogP contribution is -2.09. The number of aromatic nitrogens is 3. The molecule has 0 aliphatic carbocycles. The van der Waals surface area contributed by atoms with E-state index in [9.17, 15) is 14.5 Å². The molecule has 2 aromatic rings. The summed E-state index contributed by atoms with van der Waals surface area (Å²) in [6.45, 7) is 1.83. The molecule has 1 unspecified atom stereocenters. The Morgan fingerprint density at radius 2 is 2.11 bits per heavy atom. The number of hydrogen-bond acceptors (Lipinski definition) is 4. The number of benzene rings is 1. The Morgan fingerprint density at radius 1 is 1.42 bits per heavy atom. The minimum Gasteiger partial charge on any atom is -0.258 e.